The van der Waals surface area contributed by atoms with Gasteiger partial charge in [0.1, 0.15) is 12.4 Å². The van der Waals surface area contributed by atoms with E-state index >= 15 is 0 Å². The molecule has 0 spiro atoms. The average Bonchev–Trinajstić information content (AvgIpc) is 3.19. The monoisotopic (exact) mass is 410 g/mol. The van der Waals surface area contributed by atoms with Crippen LogP contribution in [0.1, 0.15) is 15.2 Å². The Kier molecular flexibility index (Phi) is 4.49. The second-order valence-electron chi connectivity index (χ2n) is 6.98. The van der Waals surface area contributed by atoms with E-state index < -0.39 is 0 Å². The Morgan fingerprint density at radius 3 is 2.57 bits per heavy atom. The number of nitrogens with zero attached hydrogens (tertiary/aromatic N) is 2. The van der Waals surface area contributed by atoms with Crippen LogP contribution < -0.4 is 9.64 Å². The molecule has 0 aliphatic carbocycles. The third-order valence-corrected chi connectivity index (χ3v) is 6.81. The maximum absolute atomic E-state index is 13.1. The van der Waals surface area contributed by atoms with E-state index in [1.54, 1.807) is 11.3 Å². The number of anilines is 1. The van der Waals surface area contributed by atoms with Crippen LogP contribution in [0.15, 0.2) is 54.6 Å². The highest BCUT2D eigenvalue weighted by molar-refractivity contribution is 7.17. The van der Waals surface area contributed by atoms with Gasteiger partial charge in [0, 0.05) is 42.2 Å². The van der Waals surface area contributed by atoms with Crippen molar-refractivity contribution >= 4 is 34.5 Å². The van der Waals surface area contributed by atoms with Crippen molar-refractivity contribution in [2.75, 3.05) is 31.1 Å². The molecule has 5 rings (SSSR count). The number of halogens is 1. The number of carbonyl (C=O) groups excluding carboxylic acids is 1. The lowest BCUT2D eigenvalue weighted by Gasteiger charge is -2.36. The fraction of sp³-hybridized carbons (Fsp3) is 0.227. The molecule has 6 heteroatoms. The van der Waals surface area contributed by atoms with Crippen LogP contribution in [0, 0.1) is 0 Å². The molecule has 2 aliphatic rings. The highest BCUT2D eigenvalue weighted by atomic mass is 35.5. The summed E-state index contributed by atoms with van der Waals surface area (Å²) in [6, 6.07) is 17.9. The minimum atomic E-state index is 0.107. The largest absolute Gasteiger partial charge is 0.488 e. The summed E-state index contributed by atoms with van der Waals surface area (Å²) in [5.41, 5.74) is 3.22. The predicted molar refractivity (Wildman–Crippen MR) is 114 cm³/mol. The molecule has 0 saturated carbocycles. The van der Waals surface area contributed by atoms with Crippen molar-refractivity contribution < 1.29 is 9.53 Å². The number of fused-ring (bicyclic) bond motifs is 3. The van der Waals surface area contributed by atoms with Gasteiger partial charge in [0.2, 0.25) is 0 Å². The van der Waals surface area contributed by atoms with E-state index in [-0.39, 0.29) is 5.91 Å². The van der Waals surface area contributed by atoms with E-state index in [2.05, 4.69) is 11.0 Å². The fourth-order valence-electron chi connectivity index (χ4n) is 3.82. The Morgan fingerprint density at radius 1 is 1.00 bits per heavy atom. The van der Waals surface area contributed by atoms with Crippen molar-refractivity contribution in [1.29, 1.82) is 0 Å². The molecule has 3 aromatic rings. The van der Waals surface area contributed by atoms with Gasteiger partial charge < -0.3 is 14.5 Å². The van der Waals surface area contributed by atoms with Crippen LogP contribution in [0.5, 0.6) is 5.75 Å². The summed E-state index contributed by atoms with van der Waals surface area (Å²) in [5, 5.41) is 0.756. The number of hydrogen-bond acceptors (Lipinski definition) is 4. The molecule has 1 fully saturated rings. The summed E-state index contributed by atoms with van der Waals surface area (Å²) in [6.07, 6.45) is 0. The zero-order valence-electron chi connectivity index (χ0n) is 15.2. The van der Waals surface area contributed by atoms with Gasteiger partial charge in [0.15, 0.2) is 0 Å². The second-order valence-corrected chi connectivity index (χ2v) is 8.44. The first-order valence-corrected chi connectivity index (χ1v) is 10.5. The Labute approximate surface area is 172 Å². The molecule has 2 aliphatic heterocycles. The minimum Gasteiger partial charge on any atom is -0.488 e. The normalized spacial score (nSPS) is 15.6. The van der Waals surface area contributed by atoms with Crippen LogP contribution in [-0.2, 0) is 6.61 Å². The molecular weight excluding hydrogens is 392 g/mol. The van der Waals surface area contributed by atoms with E-state index in [1.165, 1.54) is 0 Å². The average molecular weight is 411 g/mol. The third kappa shape index (κ3) is 3.05. The number of benzene rings is 2. The molecule has 3 heterocycles. The van der Waals surface area contributed by atoms with E-state index in [4.69, 9.17) is 16.3 Å². The van der Waals surface area contributed by atoms with E-state index in [0.717, 1.165) is 50.4 Å². The number of para-hydroxylation sites is 2. The molecule has 0 bridgehead atoms. The summed E-state index contributed by atoms with van der Waals surface area (Å²) >= 11 is 7.89. The van der Waals surface area contributed by atoms with Crippen LogP contribution in [0.2, 0.25) is 5.02 Å². The molecule has 4 nitrogen and oxygen atoms in total. The predicted octanol–water partition coefficient (Wildman–Crippen LogP) is 4.92. The Hall–Kier alpha value is -2.50. The van der Waals surface area contributed by atoms with Crippen LogP contribution in [0.3, 0.4) is 0 Å². The lowest BCUT2D eigenvalue weighted by atomic mass is 10.1. The quantitative estimate of drug-likeness (QED) is 0.601. The maximum Gasteiger partial charge on any atom is 0.264 e. The molecule has 0 unspecified atom stereocenters. The minimum absolute atomic E-state index is 0.107. The molecule has 142 valence electrons. The van der Waals surface area contributed by atoms with Crippen LogP contribution in [-0.4, -0.2) is 37.0 Å². The summed E-state index contributed by atoms with van der Waals surface area (Å²) in [5.74, 6) is 1.000. The lowest BCUT2D eigenvalue weighted by molar-refractivity contribution is 0.0751. The maximum atomic E-state index is 13.1. The molecule has 28 heavy (non-hydrogen) atoms. The summed E-state index contributed by atoms with van der Waals surface area (Å²) < 4.78 is 5.83. The molecule has 0 radical (unpaired) electrons. The topological polar surface area (TPSA) is 32.8 Å². The number of ether oxygens (including phenoxy) is 1. The van der Waals surface area contributed by atoms with Crippen LogP contribution >= 0.6 is 22.9 Å². The fourth-order valence-corrected chi connectivity index (χ4v) is 5.24. The van der Waals surface area contributed by atoms with Gasteiger partial charge in [-0.1, -0.05) is 35.9 Å². The van der Waals surface area contributed by atoms with E-state index in [0.29, 0.717) is 19.7 Å². The first kappa shape index (κ1) is 17.6. The summed E-state index contributed by atoms with van der Waals surface area (Å²) in [4.78, 5) is 19.2. The zero-order chi connectivity index (χ0) is 19.1. The summed E-state index contributed by atoms with van der Waals surface area (Å²) in [6.45, 7) is 3.48. The molecule has 1 aromatic heterocycles. The number of thiophene rings is 1. The van der Waals surface area contributed by atoms with Crippen molar-refractivity contribution in [3.05, 3.63) is 70.1 Å². The molecule has 1 amide bonds. The van der Waals surface area contributed by atoms with Crippen LogP contribution in [0.25, 0.3) is 10.4 Å². The number of carbonyl (C=O) groups is 1. The lowest BCUT2D eigenvalue weighted by Crippen LogP contribution is -2.48. The van der Waals surface area contributed by atoms with E-state index in [1.807, 2.05) is 53.4 Å². The third-order valence-electron chi connectivity index (χ3n) is 5.29. The van der Waals surface area contributed by atoms with Gasteiger partial charge in [-0.05, 0) is 30.3 Å². The molecular formula is C22H19ClN2O2S. The highest BCUT2D eigenvalue weighted by Crippen LogP contribution is 2.42. The van der Waals surface area contributed by atoms with Gasteiger partial charge in [-0.3, -0.25) is 4.79 Å². The Bertz CT molecular complexity index is 1040. The number of piperazine rings is 1. The zero-order valence-corrected chi connectivity index (χ0v) is 16.8. The van der Waals surface area contributed by atoms with Gasteiger partial charge >= 0.3 is 0 Å². The summed E-state index contributed by atoms with van der Waals surface area (Å²) in [7, 11) is 0. The molecule has 0 atom stereocenters. The van der Waals surface area contributed by atoms with Crippen molar-refractivity contribution in [2.24, 2.45) is 0 Å². The SMILES string of the molecule is O=C(c1cc2c(s1)-c1ccccc1OC2)N1CCN(c2ccccc2Cl)CC1. The van der Waals surface area contributed by atoms with Gasteiger partial charge in [-0.25, -0.2) is 0 Å². The number of hydrogen-bond donors (Lipinski definition) is 0. The number of rotatable bonds is 2. The smallest absolute Gasteiger partial charge is 0.264 e. The van der Waals surface area contributed by atoms with Crippen molar-refractivity contribution in [1.82, 2.24) is 4.90 Å². The van der Waals surface area contributed by atoms with Gasteiger partial charge in [-0.15, -0.1) is 11.3 Å². The van der Waals surface area contributed by atoms with E-state index in [9.17, 15) is 4.79 Å². The first-order chi connectivity index (χ1) is 13.7. The van der Waals surface area contributed by atoms with Crippen molar-refractivity contribution in [3.63, 3.8) is 0 Å². The van der Waals surface area contributed by atoms with Crippen LogP contribution in [0.4, 0.5) is 5.69 Å². The molecule has 0 N–H and O–H groups in total. The molecule has 2 aromatic carbocycles. The Balaban J connectivity index is 1.32. The van der Waals surface area contributed by atoms with Gasteiger partial charge in [0.05, 0.1) is 15.6 Å². The molecule has 1 saturated heterocycles. The Morgan fingerprint density at radius 2 is 1.75 bits per heavy atom. The highest BCUT2D eigenvalue weighted by Gasteiger charge is 2.27. The first-order valence-electron chi connectivity index (χ1n) is 9.34. The number of amides is 1. The van der Waals surface area contributed by atoms with Crippen molar-refractivity contribution in [2.45, 2.75) is 6.61 Å². The van der Waals surface area contributed by atoms with Crippen molar-refractivity contribution in [3.8, 4) is 16.2 Å². The van der Waals surface area contributed by atoms with Gasteiger partial charge in [0.25, 0.3) is 5.91 Å². The second kappa shape index (κ2) is 7.15. The van der Waals surface area contributed by atoms with Gasteiger partial charge in [-0.2, -0.15) is 0 Å². The standard InChI is InChI=1S/C22H19ClN2O2S/c23-17-6-2-3-7-18(17)24-9-11-25(12-10-24)22(26)20-13-15-14-27-19-8-4-1-5-16(19)21(15)28-20/h1-8,13H,9-12,14H2.